The normalized spacial score (nSPS) is 11.8. The van der Waals surface area contributed by atoms with Crippen LogP contribution in [0, 0.1) is 11.3 Å². The van der Waals surface area contributed by atoms with Crippen molar-refractivity contribution in [1.82, 2.24) is 10.2 Å². The van der Waals surface area contributed by atoms with E-state index in [0.717, 1.165) is 21.6 Å². The summed E-state index contributed by atoms with van der Waals surface area (Å²) in [6, 6.07) is 10.4. The van der Waals surface area contributed by atoms with Crippen LogP contribution in [0.1, 0.15) is 19.4 Å². The Morgan fingerprint density at radius 2 is 2.11 bits per heavy atom. The molecule has 0 saturated carbocycles. The summed E-state index contributed by atoms with van der Waals surface area (Å²) in [4.78, 5) is 0. The van der Waals surface area contributed by atoms with E-state index < -0.39 is 0 Å². The van der Waals surface area contributed by atoms with E-state index >= 15 is 0 Å². The molecule has 0 aliphatic rings. The summed E-state index contributed by atoms with van der Waals surface area (Å²) in [5.74, 6) is 0. The number of hydrogen-bond acceptors (Lipinski definition) is 6. The molecular formula is C13H14N4S2. The number of nitrogens with one attached hydrogen (secondary N) is 1. The summed E-state index contributed by atoms with van der Waals surface area (Å²) in [5, 5.41) is 20.7. The third kappa shape index (κ3) is 3.94. The highest BCUT2D eigenvalue weighted by Crippen LogP contribution is 2.30. The van der Waals surface area contributed by atoms with Crippen LogP contribution in [-0.4, -0.2) is 15.4 Å². The highest BCUT2D eigenvalue weighted by Gasteiger charge is 2.09. The third-order valence-electron chi connectivity index (χ3n) is 2.48. The van der Waals surface area contributed by atoms with Gasteiger partial charge in [-0.1, -0.05) is 42.2 Å². The standard InChI is InChI=1S/C13H14N4S2/c1-3-10-4-6-11(7-5-10)15-12-16-17-13(19-12)18-9(2)8-14/h4-7,9H,3H2,1-2H3,(H,15,16)/t9-/m1/s1. The molecule has 0 radical (unpaired) electrons. The van der Waals surface area contributed by atoms with Gasteiger partial charge >= 0.3 is 0 Å². The average Bonchev–Trinajstić information content (AvgIpc) is 2.86. The number of nitrogens with zero attached hydrogens (tertiary/aromatic N) is 3. The number of nitriles is 1. The van der Waals surface area contributed by atoms with E-state index in [-0.39, 0.29) is 5.25 Å². The van der Waals surface area contributed by atoms with Gasteiger partial charge in [0, 0.05) is 5.69 Å². The van der Waals surface area contributed by atoms with E-state index in [1.54, 1.807) is 0 Å². The van der Waals surface area contributed by atoms with Crippen LogP contribution >= 0.6 is 23.1 Å². The topological polar surface area (TPSA) is 61.6 Å². The molecule has 1 atom stereocenters. The first-order valence-corrected chi connectivity index (χ1v) is 7.66. The average molecular weight is 290 g/mol. The molecule has 0 amide bonds. The van der Waals surface area contributed by atoms with Crippen LogP contribution in [0.2, 0.25) is 0 Å². The Morgan fingerprint density at radius 1 is 1.37 bits per heavy atom. The molecule has 0 spiro atoms. The van der Waals surface area contributed by atoms with Crippen molar-refractivity contribution < 1.29 is 0 Å². The molecule has 6 heteroatoms. The van der Waals surface area contributed by atoms with E-state index in [9.17, 15) is 0 Å². The fraction of sp³-hybridized carbons (Fsp3) is 0.308. The van der Waals surface area contributed by atoms with Gasteiger partial charge in [-0.25, -0.2) is 0 Å². The number of anilines is 2. The lowest BCUT2D eigenvalue weighted by atomic mass is 10.1. The molecule has 0 unspecified atom stereocenters. The lowest BCUT2D eigenvalue weighted by molar-refractivity contribution is 1.01. The van der Waals surface area contributed by atoms with Crippen molar-refractivity contribution in [2.45, 2.75) is 29.9 Å². The molecule has 0 aliphatic carbocycles. The smallest absolute Gasteiger partial charge is 0.210 e. The van der Waals surface area contributed by atoms with Crippen LogP contribution in [0.3, 0.4) is 0 Å². The van der Waals surface area contributed by atoms with Crippen LogP contribution in [-0.2, 0) is 6.42 Å². The predicted octanol–water partition coefficient (Wildman–Crippen LogP) is 3.85. The van der Waals surface area contributed by atoms with E-state index in [0.29, 0.717) is 0 Å². The van der Waals surface area contributed by atoms with Gasteiger partial charge in [-0.2, -0.15) is 5.26 Å². The summed E-state index contributed by atoms with van der Waals surface area (Å²) in [6.45, 7) is 3.98. The molecule has 1 aromatic carbocycles. The van der Waals surface area contributed by atoms with Gasteiger partial charge in [0.1, 0.15) is 0 Å². The minimum absolute atomic E-state index is 0.107. The maximum Gasteiger partial charge on any atom is 0.210 e. The number of thioether (sulfide) groups is 1. The van der Waals surface area contributed by atoms with E-state index in [2.05, 4.69) is 40.6 Å². The Balaban J connectivity index is 2.01. The zero-order valence-electron chi connectivity index (χ0n) is 10.8. The van der Waals surface area contributed by atoms with Crippen molar-refractivity contribution >= 4 is 33.9 Å². The Labute approximate surface area is 120 Å². The molecule has 1 N–H and O–H groups in total. The van der Waals surface area contributed by atoms with Crippen molar-refractivity contribution in [2.75, 3.05) is 5.32 Å². The molecule has 98 valence electrons. The fourth-order valence-corrected chi connectivity index (χ4v) is 3.24. The van der Waals surface area contributed by atoms with Crippen LogP contribution in [0.15, 0.2) is 28.6 Å². The van der Waals surface area contributed by atoms with Gasteiger partial charge in [0.15, 0.2) is 4.34 Å². The van der Waals surface area contributed by atoms with Crippen molar-refractivity contribution in [3.63, 3.8) is 0 Å². The molecule has 1 heterocycles. The molecule has 0 aliphatic heterocycles. The van der Waals surface area contributed by atoms with Crippen LogP contribution in [0.5, 0.6) is 0 Å². The molecule has 0 fully saturated rings. The molecule has 0 saturated heterocycles. The summed E-state index contributed by atoms with van der Waals surface area (Å²) in [7, 11) is 0. The van der Waals surface area contributed by atoms with Gasteiger partial charge in [-0.15, -0.1) is 10.2 Å². The lowest BCUT2D eigenvalue weighted by Crippen LogP contribution is -1.89. The largest absolute Gasteiger partial charge is 0.330 e. The second-order valence-electron chi connectivity index (χ2n) is 3.94. The highest BCUT2D eigenvalue weighted by molar-refractivity contribution is 8.01. The molecule has 19 heavy (non-hydrogen) atoms. The zero-order chi connectivity index (χ0) is 13.7. The van der Waals surface area contributed by atoms with Gasteiger partial charge in [0.05, 0.1) is 11.3 Å². The molecule has 2 aromatic rings. The van der Waals surface area contributed by atoms with Crippen LogP contribution < -0.4 is 5.32 Å². The van der Waals surface area contributed by atoms with E-state index in [1.165, 1.54) is 28.7 Å². The predicted molar refractivity (Wildman–Crippen MR) is 79.9 cm³/mol. The Morgan fingerprint density at radius 3 is 2.74 bits per heavy atom. The van der Waals surface area contributed by atoms with Gasteiger partial charge < -0.3 is 5.32 Å². The third-order valence-corrected chi connectivity index (χ3v) is 4.39. The van der Waals surface area contributed by atoms with Crippen molar-refractivity contribution in [1.29, 1.82) is 5.26 Å². The van der Waals surface area contributed by atoms with E-state index in [4.69, 9.17) is 5.26 Å². The number of aryl methyl sites for hydroxylation is 1. The van der Waals surface area contributed by atoms with Crippen molar-refractivity contribution in [3.8, 4) is 6.07 Å². The first-order valence-electron chi connectivity index (χ1n) is 5.97. The highest BCUT2D eigenvalue weighted by atomic mass is 32.2. The Hall–Kier alpha value is -1.58. The first kappa shape index (κ1) is 13.8. The monoisotopic (exact) mass is 290 g/mol. The summed E-state index contributed by atoms with van der Waals surface area (Å²) in [6.07, 6.45) is 1.03. The maximum atomic E-state index is 8.76. The SMILES string of the molecule is CCc1ccc(Nc2nnc(S[C@H](C)C#N)s2)cc1. The van der Waals surface area contributed by atoms with Crippen molar-refractivity contribution in [2.24, 2.45) is 0 Å². The van der Waals surface area contributed by atoms with E-state index in [1.807, 2.05) is 19.1 Å². The zero-order valence-corrected chi connectivity index (χ0v) is 12.4. The van der Waals surface area contributed by atoms with Gasteiger partial charge in [-0.3, -0.25) is 0 Å². The van der Waals surface area contributed by atoms with Gasteiger partial charge in [0.25, 0.3) is 0 Å². The summed E-state index contributed by atoms with van der Waals surface area (Å²) >= 11 is 2.88. The molecule has 0 bridgehead atoms. The van der Waals surface area contributed by atoms with Crippen molar-refractivity contribution in [3.05, 3.63) is 29.8 Å². The number of aromatic nitrogens is 2. The summed E-state index contributed by atoms with van der Waals surface area (Å²) in [5.41, 5.74) is 2.31. The van der Waals surface area contributed by atoms with Crippen LogP contribution in [0.4, 0.5) is 10.8 Å². The number of benzene rings is 1. The molecule has 2 rings (SSSR count). The maximum absolute atomic E-state index is 8.76. The number of rotatable bonds is 5. The van der Waals surface area contributed by atoms with Gasteiger partial charge in [0.2, 0.25) is 5.13 Å². The summed E-state index contributed by atoms with van der Waals surface area (Å²) < 4.78 is 0.807. The lowest BCUT2D eigenvalue weighted by Gasteiger charge is -2.02. The minimum atomic E-state index is -0.107. The Kier molecular flexibility index (Phi) is 4.77. The van der Waals surface area contributed by atoms with Gasteiger partial charge in [-0.05, 0) is 31.0 Å². The fourth-order valence-electron chi connectivity index (χ4n) is 1.43. The molecule has 4 nitrogen and oxygen atoms in total. The molecule has 1 aromatic heterocycles. The second-order valence-corrected chi connectivity index (χ2v) is 6.50. The minimum Gasteiger partial charge on any atom is -0.330 e. The quantitative estimate of drug-likeness (QED) is 0.847. The van der Waals surface area contributed by atoms with Crippen LogP contribution in [0.25, 0.3) is 0 Å². The first-order chi connectivity index (χ1) is 9.21. The molecular weight excluding hydrogens is 276 g/mol. The number of hydrogen-bond donors (Lipinski definition) is 1. The Bertz CT molecular complexity index is 571. The second kappa shape index (κ2) is 6.55.